The minimum absolute atomic E-state index is 0.166. The molecule has 1 aliphatic carbocycles. The van der Waals surface area contributed by atoms with E-state index < -0.39 is 0 Å². The largest absolute Gasteiger partial charge is 0.493 e. The second-order valence-electron chi connectivity index (χ2n) is 4.53. The molecule has 1 aromatic rings. The van der Waals surface area contributed by atoms with Crippen LogP contribution in [0.4, 0.5) is 0 Å². The summed E-state index contributed by atoms with van der Waals surface area (Å²) in [7, 11) is 3.17. The molecular formula is C14H17BrO3. The Bertz CT molecular complexity index is 451. The molecule has 98 valence electrons. The van der Waals surface area contributed by atoms with Crippen LogP contribution in [-0.4, -0.2) is 20.0 Å². The van der Waals surface area contributed by atoms with E-state index in [9.17, 15) is 4.79 Å². The molecule has 1 saturated carbocycles. The van der Waals surface area contributed by atoms with Crippen molar-refractivity contribution >= 4 is 21.7 Å². The van der Waals surface area contributed by atoms with Crippen LogP contribution in [0.5, 0.6) is 11.5 Å². The highest BCUT2D eigenvalue weighted by Gasteiger charge is 2.26. The fourth-order valence-corrected chi connectivity index (χ4v) is 2.97. The van der Waals surface area contributed by atoms with Gasteiger partial charge in [0.25, 0.3) is 0 Å². The summed E-state index contributed by atoms with van der Waals surface area (Å²) >= 11 is 3.44. The number of carbonyl (C=O) groups is 1. The number of carbonyl (C=O) groups excluding carboxylic acids is 1. The standard InChI is InChI=1S/C14H17BrO3/c1-17-12-7-10(11(15)8-13(12)18-2)14(16)9-5-3-4-6-9/h7-9H,3-6H2,1-2H3. The first kappa shape index (κ1) is 13.4. The van der Waals surface area contributed by atoms with Gasteiger partial charge in [-0.1, -0.05) is 12.8 Å². The topological polar surface area (TPSA) is 35.5 Å². The lowest BCUT2D eigenvalue weighted by Crippen LogP contribution is -2.12. The van der Waals surface area contributed by atoms with Gasteiger partial charge in [-0.05, 0) is 40.9 Å². The van der Waals surface area contributed by atoms with Crippen molar-refractivity contribution in [3.8, 4) is 11.5 Å². The van der Waals surface area contributed by atoms with Gasteiger partial charge in [-0.25, -0.2) is 0 Å². The number of hydrogen-bond donors (Lipinski definition) is 0. The number of ether oxygens (including phenoxy) is 2. The highest BCUT2D eigenvalue weighted by Crippen LogP contribution is 2.36. The molecule has 0 unspecified atom stereocenters. The van der Waals surface area contributed by atoms with Crippen LogP contribution < -0.4 is 9.47 Å². The maximum atomic E-state index is 12.4. The van der Waals surface area contributed by atoms with Crippen molar-refractivity contribution in [2.75, 3.05) is 14.2 Å². The van der Waals surface area contributed by atoms with Gasteiger partial charge in [0.2, 0.25) is 0 Å². The Kier molecular flexibility index (Phi) is 4.27. The molecule has 0 N–H and O–H groups in total. The molecule has 1 fully saturated rings. The van der Waals surface area contributed by atoms with Crippen molar-refractivity contribution in [2.45, 2.75) is 25.7 Å². The minimum Gasteiger partial charge on any atom is -0.493 e. The fraction of sp³-hybridized carbons (Fsp3) is 0.500. The zero-order valence-electron chi connectivity index (χ0n) is 10.7. The molecule has 2 rings (SSSR count). The van der Waals surface area contributed by atoms with E-state index in [2.05, 4.69) is 15.9 Å². The lowest BCUT2D eigenvalue weighted by Gasteiger charge is -2.13. The van der Waals surface area contributed by atoms with Crippen LogP contribution in [0.3, 0.4) is 0 Å². The quantitative estimate of drug-likeness (QED) is 0.792. The third-order valence-corrected chi connectivity index (χ3v) is 4.12. The van der Waals surface area contributed by atoms with Gasteiger partial charge in [0, 0.05) is 16.0 Å². The number of methoxy groups -OCH3 is 2. The molecule has 0 spiro atoms. The van der Waals surface area contributed by atoms with Gasteiger partial charge in [-0.3, -0.25) is 4.79 Å². The highest BCUT2D eigenvalue weighted by molar-refractivity contribution is 9.10. The van der Waals surface area contributed by atoms with Gasteiger partial charge in [0.05, 0.1) is 14.2 Å². The summed E-state index contributed by atoms with van der Waals surface area (Å²) in [5, 5.41) is 0. The monoisotopic (exact) mass is 312 g/mol. The van der Waals surface area contributed by atoms with E-state index in [4.69, 9.17) is 9.47 Å². The van der Waals surface area contributed by atoms with E-state index in [0.717, 1.165) is 30.2 Å². The minimum atomic E-state index is 0.166. The van der Waals surface area contributed by atoms with Crippen LogP contribution >= 0.6 is 15.9 Å². The molecular weight excluding hydrogens is 296 g/mol. The maximum Gasteiger partial charge on any atom is 0.167 e. The molecule has 0 saturated heterocycles. The van der Waals surface area contributed by atoms with Gasteiger partial charge in [-0.15, -0.1) is 0 Å². The summed E-state index contributed by atoms with van der Waals surface area (Å²) < 4.78 is 11.2. The van der Waals surface area contributed by atoms with Crippen molar-refractivity contribution in [2.24, 2.45) is 5.92 Å². The van der Waals surface area contributed by atoms with Crippen LogP contribution in [0.2, 0.25) is 0 Å². The summed E-state index contributed by atoms with van der Waals surface area (Å²) in [4.78, 5) is 12.4. The summed E-state index contributed by atoms with van der Waals surface area (Å²) in [5.41, 5.74) is 0.694. The number of benzene rings is 1. The second-order valence-corrected chi connectivity index (χ2v) is 5.39. The van der Waals surface area contributed by atoms with E-state index >= 15 is 0 Å². The van der Waals surface area contributed by atoms with Crippen molar-refractivity contribution < 1.29 is 14.3 Å². The molecule has 0 atom stereocenters. The van der Waals surface area contributed by atoms with Crippen LogP contribution in [0.15, 0.2) is 16.6 Å². The molecule has 0 amide bonds. The van der Waals surface area contributed by atoms with E-state index in [1.807, 2.05) is 0 Å². The zero-order valence-corrected chi connectivity index (χ0v) is 12.2. The Hall–Kier alpha value is -1.03. The summed E-state index contributed by atoms with van der Waals surface area (Å²) in [6.45, 7) is 0. The molecule has 4 heteroatoms. The predicted octanol–water partition coefficient (Wildman–Crippen LogP) is 3.84. The molecule has 0 heterocycles. The average Bonchev–Trinajstić information content (AvgIpc) is 2.91. The Labute approximate surface area is 116 Å². The lowest BCUT2D eigenvalue weighted by atomic mass is 9.96. The van der Waals surface area contributed by atoms with E-state index in [0.29, 0.717) is 17.1 Å². The highest BCUT2D eigenvalue weighted by atomic mass is 79.9. The molecule has 0 radical (unpaired) electrons. The third-order valence-electron chi connectivity index (χ3n) is 3.46. The lowest BCUT2D eigenvalue weighted by molar-refractivity contribution is 0.0921. The molecule has 0 bridgehead atoms. The van der Waals surface area contributed by atoms with Gasteiger partial charge in [0.1, 0.15) is 0 Å². The molecule has 1 aromatic carbocycles. The molecule has 18 heavy (non-hydrogen) atoms. The first-order chi connectivity index (χ1) is 8.67. The Balaban J connectivity index is 2.34. The smallest absolute Gasteiger partial charge is 0.167 e. The molecule has 1 aliphatic rings. The van der Waals surface area contributed by atoms with Gasteiger partial charge in [0.15, 0.2) is 17.3 Å². The first-order valence-electron chi connectivity index (χ1n) is 6.13. The summed E-state index contributed by atoms with van der Waals surface area (Å²) in [6, 6.07) is 3.56. The van der Waals surface area contributed by atoms with Gasteiger partial charge < -0.3 is 9.47 Å². The number of rotatable bonds is 4. The second kappa shape index (κ2) is 5.74. The number of Topliss-reactive ketones (excluding diaryl/α,β-unsaturated/α-hetero) is 1. The molecule has 3 nitrogen and oxygen atoms in total. The number of hydrogen-bond acceptors (Lipinski definition) is 3. The Morgan fingerprint density at radius 1 is 1.17 bits per heavy atom. The van der Waals surface area contributed by atoms with Crippen LogP contribution in [-0.2, 0) is 0 Å². The van der Waals surface area contributed by atoms with Gasteiger partial charge >= 0.3 is 0 Å². The van der Waals surface area contributed by atoms with Crippen LogP contribution in [0.25, 0.3) is 0 Å². The third kappa shape index (κ3) is 2.53. The van der Waals surface area contributed by atoms with E-state index in [1.54, 1.807) is 26.4 Å². The van der Waals surface area contributed by atoms with E-state index in [-0.39, 0.29) is 11.7 Å². The fourth-order valence-electron chi connectivity index (χ4n) is 2.45. The van der Waals surface area contributed by atoms with Crippen molar-refractivity contribution in [1.82, 2.24) is 0 Å². The molecule has 0 aromatic heterocycles. The number of halogens is 1. The Morgan fingerprint density at radius 2 is 1.72 bits per heavy atom. The van der Waals surface area contributed by atoms with Crippen molar-refractivity contribution in [1.29, 1.82) is 0 Å². The van der Waals surface area contributed by atoms with E-state index in [1.165, 1.54) is 0 Å². The molecule has 0 aliphatic heterocycles. The summed E-state index contributed by atoms with van der Waals surface area (Å²) in [5.74, 6) is 1.61. The van der Waals surface area contributed by atoms with Gasteiger partial charge in [-0.2, -0.15) is 0 Å². The normalized spacial score (nSPS) is 15.7. The predicted molar refractivity (Wildman–Crippen MR) is 73.5 cm³/mol. The van der Waals surface area contributed by atoms with Crippen LogP contribution in [0.1, 0.15) is 36.0 Å². The first-order valence-corrected chi connectivity index (χ1v) is 6.92. The average molecular weight is 313 g/mol. The maximum absolute atomic E-state index is 12.4. The Morgan fingerprint density at radius 3 is 2.28 bits per heavy atom. The zero-order chi connectivity index (χ0) is 13.1. The SMILES string of the molecule is COc1cc(Br)c(C(=O)C2CCCC2)cc1OC. The van der Waals surface area contributed by atoms with Crippen molar-refractivity contribution in [3.63, 3.8) is 0 Å². The number of ketones is 1. The van der Waals surface area contributed by atoms with Crippen molar-refractivity contribution in [3.05, 3.63) is 22.2 Å². The van der Waals surface area contributed by atoms with Crippen LogP contribution in [0, 0.1) is 5.92 Å². The summed E-state index contributed by atoms with van der Waals surface area (Å²) in [6.07, 6.45) is 4.31.